The maximum Gasteiger partial charge on any atom is 1.00 e. The van der Waals surface area contributed by atoms with Crippen molar-refractivity contribution in [2.45, 2.75) is 51.6 Å². The van der Waals surface area contributed by atoms with Gasteiger partial charge in [0.05, 0.1) is 19.7 Å². The number of pyridine rings is 2. The van der Waals surface area contributed by atoms with Gasteiger partial charge in [-0.3, -0.25) is 9.59 Å². The normalized spacial score (nSPS) is 16.0. The number of aldehydes is 1. The maximum absolute atomic E-state index is 12.8. The Hall–Kier alpha value is -4.72. The SMILES string of the molecule is Cc1ccc(C(=O)c2ccc(N3CC[C@H](Oc4ncccc4Cl)C3)c(C=O)c2)cc1.Cc1ccc(C(O)c2ccc(N3CC[C@H](Oc4ncccc4Cl)C3)c(CO)c2)cc1.[B].[H-].[Na+]. The molecule has 4 heterocycles. The number of aliphatic hydroxyl groups is 2. The Labute approximate surface area is 398 Å². The van der Waals surface area contributed by atoms with Crippen LogP contribution in [-0.4, -0.2) is 79.1 Å². The molecule has 2 fully saturated rings. The van der Waals surface area contributed by atoms with Gasteiger partial charge in [0.25, 0.3) is 0 Å². The van der Waals surface area contributed by atoms with Crippen molar-refractivity contribution in [2.75, 3.05) is 36.0 Å². The van der Waals surface area contributed by atoms with E-state index >= 15 is 0 Å². The minimum Gasteiger partial charge on any atom is -1.00 e. The third kappa shape index (κ3) is 11.8. The van der Waals surface area contributed by atoms with Crippen molar-refractivity contribution in [3.8, 4) is 11.8 Å². The molecule has 14 heteroatoms. The number of benzene rings is 4. The molecular formula is C48H47BCl2N4NaO6. The molecule has 3 atom stereocenters. The van der Waals surface area contributed by atoms with E-state index in [0.717, 1.165) is 71.4 Å². The monoisotopic (exact) mass is 879 g/mol. The second-order valence-electron chi connectivity index (χ2n) is 15.0. The maximum atomic E-state index is 12.8. The minimum atomic E-state index is -0.731. The van der Waals surface area contributed by atoms with Crippen LogP contribution in [-0.2, 0) is 6.61 Å². The number of carbonyl (C=O) groups excluding carboxylic acids is 2. The Balaban J connectivity index is 0.000000264. The van der Waals surface area contributed by atoms with E-state index in [2.05, 4.69) is 19.8 Å². The van der Waals surface area contributed by atoms with E-state index in [4.69, 9.17) is 32.7 Å². The molecule has 2 N–H and O–H groups in total. The van der Waals surface area contributed by atoms with Gasteiger partial charge in [0.2, 0.25) is 11.8 Å². The van der Waals surface area contributed by atoms with Crippen molar-refractivity contribution < 1.29 is 60.3 Å². The van der Waals surface area contributed by atoms with Gasteiger partial charge >= 0.3 is 29.6 Å². The van der Waals surface area contributed by atoms with Crippen LogP contribution in [0.5, 0.6) is 11.8 Å². The zero-order valence-electron chi connectivity index (χ0n) is 36.0. The molecule has 0 aliphatic carbocycles. The number of hydrogen-bond acceptors (Lipinski definition) is 10. The van der Waals surface area contributed by atoms with Gasteiger partial charge in [-0.05, 0) is 79.6 Å². The van der Waals surface area contributed by atoms with Gasteiger partial charge in [0, 0.05) is 80.4 Å². The van der Waals surface area contributed by atoms with Crippen molar-refractivity contribution in [1.82, 2.24) is 9.97 Å². The van der Waals surface area contributed by atoms with Crippen molar-refractivity contribution >= 4 is 55.1 Å². The van der Waals surface area contributed by atoms with Crippen LogP contribution in [0.4, 0.5) is 11.4 Å². The molecule has 6 aromatic rings. The van der Waals surface area contributed by atoms with Crippen molar-refractivity contribution in [3.05, 3.63) is 176 Å². The number of carbonyl (C=O) groups is 2. The van der Waals surface area contributed by atoms with Gasteiger partial charge in [-0.2, -0.15) is 0 Å². The molecular weight excluding hydrogens is 833 g/mol. The summed E-state index contributed by atoms with van der Waals surface area (Å²) in [5, 5.41) is 21.7. The van der Waals surface area contributed by atoms with E-state index in [1.165, 1.54) is 0 Å². The zero-order valence-corrected chi connectivity index (χ0v) is 38.5. The summed E-state index contributed by atoms with van der Waals surface area (Å²) in [6.07, 6.45) is 4.89. The van der Waals surface area contributed by atoms with E-state index < -0.39 is 6.10 Å². The van der Waals surface area contributed by atoms with E-state index in [1.54, 1.807) is 60.9 Å². The summed E-state index contributed by atoms with van der Waals surface area (Å²) in [4.78, 5) is 37.2. The standard InChI is InChI=1S/C24H25ClN2O3.C24H21ClN2O3.B.Na.H/c2*1-16-4-6-17(7-5-16)23(29)18-8-9-22(19(13-18)15-28)27-12-10-20(14-27)30-24-21(25)3-2-11-26-24;;;/h2-9,11,13,20,23,28-29H,10,12,14-15H2,1H3;2-9,11,13,15,20H,10,12,14H2,1H3;;;/q;;;+1;-1/t20-,23?;20-;;;/m00.../s1. The number of anilines is 2. The molecule has 4 aromatic carbocycles. The summed E-state index contributed by atoms with van der Waals surface area (Å²) in [6, 6.07) is 33.3. The summed E-state index contributed by atoms with van der Waals surface area (Å²) in [5.41, 5.74) is 7.96. The Morgan fingerprint density at radius 2 is 1.26 bits per heavy atom. The minimum absolute atomic E-state index is 0. The summed E-state index contributed by atoms with van der Waals surface area (Å²) in [5.74, 6) is 0.766. The molecule has 0 amide bonds. The van der Waals surface area contributed by atoms with Crippen LogP contribution in [0.3, 0.4) is 0 Å². The molecule has 0 saturated carbocycles. The molecule has 2 aliphatic heterocycles. The molecule has 1 unspecified atom stereocenters. The third-order valence-corrected chi connectivity index (χ3v) is 11.3. The van der Waals surface area contributed by atoms with Crippen molar-refractivity contribution in [1.29, 1.82) is 0 Å². The van der Waals surface area contributed by atoms with E-state index in [9.17, 15) is 19.8 Å². The van der Waals surface area contributed by atoms with Gasteiger partial charge < -0.3 is 30.9 Å². The van der Waals surface area contributed by atoms with Crippen LogP contribution < -0.4 is 48.8 Å². The van der Waals surface area contributed by atoms with E-state index in [0.29, 0.717) is 51.6 Å². The fourth-order valence-corrected chi connectivity index (χ4v) is 7.75. The first-order chi connectivity index (χ1) is 29.1. The quantitative estimate of drug-likeness (QED) is 0.0892. The number of ether oxygens (including phenoxy) is 2. The Morgan fingerprint density at radius 3 is 1.79 bits per heavy atom. The first kappa shape index (κ1) is 48.3. The van der Waals surface area contributed by atoms with Gasteiger partial charge in [-0.15, -0.1) is 0 Å². The average molecular weight is 881 g/mol. The number of ketones is 1. The Kier molecular flexibility index (Phi) is 17.6. The predicted molar refractivity (Wildman–Crippen MR) is 242 cm³/mol. The van der Waals surface area contributed by atoms with Gasteiger partial charge in [-0.25, -0.2) is 9.97 Å². The molecule has 2 aliphatic rings. The molecule has 8 rings (SSSR count). The summed E-state index contributed by atoms with van der Waals surface area (Å²) in [6.45, 7) is 6.73. The molecule has 2 saturated heterocycles. The molecule has 0 spiro atoms. The predicted octanol–water partition coefficient (Wildman–Crippen LogP) is 5.76. The number of aryl methyl sites for hydroxylation is 2. The fourth-order valence-electron chi connectivity index (χ4n) is 7.42. The number of aromatic nitrogens is 2. The first-order valence-corrected chi connectivity index (χ1v) is 20.6. The van der Waals surface area contributed by atoms with Crippen LogP contribution in [0.25, 0.3) is 0 Å². The van der Waals surface area contributed by atoms with Gasteiger partial charge in [0.15, 0.2) is 12.1 Å². The van der Waals surface area contributed by atoms with Gasteiger partial charge in [0.1, 0.15) is 28.4 Å². The van der Waals surface area contributed by atoms with Gasteiger partial charge in [-0.1, -0.05) is 88.9 Å². The van der Waals surface area contributed by atoms with Crippen LogP contribution in [0, 0.1) is 13.8 Å². The molecule has 0 bridgehead atoms. The molecule has 62 heavy (non-hydrogen) atoms. The zero-order chi connectivity index (χ0) is 42.2. The van der Waals surface area contributed by atoms with Crippen LogP contribution in [0.15, 0.2) is 122 Å². The summed E-state index contributed by atoms with van der Waals surface area (Å²) < 4.78 is 11.9. The summed E-state index contributed by atoms with van der Waals surface area (Å²) >= 11 is 12.3. The summed E-state index contributed by atoms with van der Waals surface area (Å²) in [7, 11) is 0. The average Bonchev–Trinajstić information content (AvgIpc) is 3.95. The second-order valence-corrected chi connectivity index (χ2v) is 15.8. The Morgan fingerprint density at radius 1 is 0.758 bits per heavy atom. The van der Waals surface area contributed by atoms with E-state index in [-0.39, 0.29) is 64.0 Å². The molecule has 313 valence electrons. The van der Waals surface area contributed by atoms with E-state index in [1.807, 2.05) is 74.5 Å². The topological polar surface area (TPSA) is 125 Å². The van der Waals surface area contributed by atoms with Crippen LogP contribution in [0.2, 0.25) is 10.0 Å². The number of aliphatic hydroxyl groups excluding tert-OH is 2. The fraction of sp³-hybridized carbons (Fsp3) is 0.250. The third-order valence-electron chi connectivity index (χ3n) is 10.7. The molecule has 3 radical (unpaired) electrons. The largest absolute Gasteiger partial charge is 1.00 e. The second kappa shape index (κ2) is 22.6. The number of rotatable bonds is 12. The Bertz CT molecular complexity index is 2450. The van der Waals surface area contributed by atoms with Crippen LogP contribution in [0.1, 0.15) is 74.5 Å². The smallest absolute Gasteiger partial charge is 1.00 e. The number of nitrogens with zero attached hydrogens (tertiary/aromatic N) is 4. The van der Waals surface area contributed by atoms with Crippen molar-refractivity contribution in [3.63, 3.8) is 0 Å². The number of hydrogen-bond donors (Lipinski definition) is 2. The van der Waals surface area contributed by atoms with Crippen LogP contribution >= 0.6 is 23.2 Å². The molecule has 2 aromatic heterocycles. The van der Waals surface area contributed by atoms with Crippen molar-refractivity contribution in [2.24, 2.45) is 0 Å². The first-order valence-electron chi connectivity index (χ1n) is 19.8. The molecule has 10 nitrogen and oxygen atoms in total. The number of halogens is 2.